The van der Waals surface area contributed by atoms with Gasteiger partial charge in [-0.05, 0) is 50.3 Å². The fourth-order valence-electron chi connectivity index (χ4n) is 2.08. The molecule has 0 saturated heterocycles. The van der Waals surface area contributed by atoms with Crippen molar-refractivity contribution in [3.63, 3.8) is 0 Å². The van der Waals surface area contributed by atoms with Gasteiger partial charge in [0, 0.05) is 11.7 Å². The second-order valence-corrected chi connectivity index (χ2v) is 4.74. The normalized spacial score (nSPS) is 16.4. The van der Waals surface area contributed by atoms with E-state index in [9.17, 15) is 4.79 Å². The largest absolute Gasteiger partial charge is 0.465 e. The van der Waals surface area contributed by atoms with Crippen LogP contribution in [0.15, 0.2) is 18.2 Å². The molecular formula is C14H19NO2. The molecule has 2 rings (SSSR count). The van der Waals surface area contributed by atoms with Crippen molar-refractivity contribution in [3.8, 4) is 0 Å². The van der Waals surface area contributed by atoms with Crippen LogP contribution in [0.25, 0.3) is 0 Å². The van der Waals surface area contributed by atoms with E-state index in [2.05, 4.69) is 12.2 Å². The van der Waals surface area contributed by atoms with Crippen LogP contribution in [0.2, 0.25) is 0 Å². The highest BCUT2D eigenvalue weighted by atomic mass is 16.5. The molecule has 3 nitrogen and oxygen atoms in total. The number of hydrogen-bond acceptors (Lipinski definition) is 3. The van der Waals surface area contributed by atoms with Crippen LogP contribution >= 0.6 is 0 Å². The van der Waals surface area contributed by atoms with Gasteiger partial charge in [-0.25, -0.2) is 4.79 Å². The minimum Gasteiger partial charge on any atom is -0.465 e. The second-order valence-electron chi connectivity index (χ2n) is 4.74. The van der Waals surface area contributed by atoms with E-state index in [-0.39, 0.29) is 5.97 Å². The lowest BCUT2D eigenvalue weighted by Gasteiger charge is -2.17. The van der Waals surface area contributed by atoms with Gasteiger partial charge in [-0.3, -0.25) is 0 Å². The molecule has 1 aromatic carbocycles. The van der Waals surface area contributed by atoms with Gasteiger partial charge in [-0.1, -0.05) is 6.07 Å². The first kappa shape index (κ1) is 12.0. The van der Waals surface area contributed by atoms with Crippen LogP contribution in [0.4, 0.5) is 5.69 Å². The van der Waals surface area contributed by atoms with Crippen LogP contribution in [-0.2, 0) is 4.74 Å². The molecule has 3 heteroatoms. The van der Waals surface area contributed by atoms with Gasteiger partial charge in [0.2, 0.25) is 0 Å². The molecule has 0 heterocycles. The quantitative estimate of drug-likeness (QED) is 0.812. The van der Waals surface area contributed by atoms with Gasteiger partial charge in [0.15, 0.2) is 0 Å². The fraction of sp³-hybridized carbons (Fsp3) is 0.500. The average molecular weight is 233 g/mol. The van der Waals surface area contributed by atoms with Gasteiger partial charge >= 0.3 is 5.97 Å². The summed E-state index contributed by atoms with van der Waals surface area (Å²) in [4.78, 5) is 11.6. The predicted molar refractivity (Wildman–Crippen MR) is 68.3 cm³/mol. The van der Waals surface area contributed by atoms with E-state index >= 15 is 0 Å². The number of esters is 1. The zero-order valence-electron chi connectivity index (χ0n) is 10.6. The molecule has 1 aliphatic carbocycles. The number of methoxy groups -OCH3 is 1. The van der Waals surface area contributed by atoms with E-state index in [1.807, 2.05) is 19.1 Å². The lowest BCUT2D eigenvalue weighted by atomic mass is 10.1. The monoisotopic (exact) mass is 233 g/mol. The first-order chi connectivity index (χ1) is 8.13. The van der Waals surface area contributed by atoms with Crippen molar-refractivity contribution < 1.29 is 9.53 Å². The maximum absolute atomic E-state index is 11.6. The van der Waals surface area contributed by atoms with Crippen molar-refractivity contribution in [2.24, 2.45) is 5.92 Å². The zero-order chi connectivity index (χ0) is 12.4. The minimum atomic E-state index is -0.273. The molecular weight excluding hydrogens is 214 g/mol. The van der Waals surface area contributed by atoms with Crippen molar-refractivity contribution in [1.82, 2.24) is 0 Å². The first-order valence-electron chi connectivity index (χ1n) is 6.08. The Labute approximate surface area is 102 Å². The van der Waals surface area contributed by atoms with E-state index < -0.39 is 0 Å². The highest BCUT2D eigenvalue weighted by Gasteiger charge is 2.28. The van der Waals surface area contributed by atoms with Crippen LogP contribution in [0.1, 0.15) is 35.7 Å². The Morgan fingerprint density at radius 1 is 1.47 bits per heavy atom. The molecule has 1 atom stereocenters. The number of anilines is 1. The molecule has 1 fully saturated rings. The highest BCUT2D eigenvalue weighted by Crippen LogP contribution is 2.34. The molecule has 1 aromatic rings. The van der Waals surface area contributed by atoms with Gasteiger partial charge in [0.05, 0.1) is 12.7 Å². The van der Waals surface area contributed by atoms with Gasteiger partial charge in [0.25, 0.3) is 0 Å². The molecule has 1 aliphatic rings. The van der Waals surface area contributed by atoms with E-state index in [0.29, 0.717) is 11.6 Å². The van der Waals surface area contributed by atoms with Gasteiger partial charge in [0.1, 0.15) is 0 Å². The minimum absolute atomic E-state index is 0.273. The smallest absolute Gasteiger partial charge is 0.338 e. The van der Waals surface area contributed by atoms with Gasteiger partial charge in [-0.15, -0.1) is 0 Å². The summed E-state index contributed by atoms with van der Waals surface area (Å²) in [5.74, 6) is 0.515. The number of nitrogens with one attached hydrogen (secondary N) is 1. The maximum atomic E-state index is 11.6. The summed E-state index contributed by atoms with van der Waals surface area (Å²) in [7, 11) is 1.41. The molecule has 0 aromatic heterocycles. The number of rotatable bonds is 4. The Hall–Kier alpha value is -1.51. The van der Waals surface area contributed by atoms with Crippen molar-refractivity contribution in [2.75, 3.05) is 12.4 Å². The van der Waals surface area contributed by atoms with Gasteiger partial charge < -0.3 is 10.1 Å². The van der Waals surface area contributed by atoms with Gasteiger partial charge in [-0.2, -0.15) is 0 Å². The third kappa shape index (κ3) is 2.60. The van der Waals surface area contributed by atoms with Crippen LogP contribution in [0, 0.1) is 12.8 Å². The second kappa shape index (κ2) is 4.78. The maximum Gasteiger partial charge on any atom is 0.338 e. The van der Waals surface area contributed by atoms with Crippen LogP contribution < -0.4 is 5.32 Å². The summed E-state index contributed by atoms with van der Waals surface area (Å²) in [6, 6.07) is 6.18. The van der Waals surface area contributed by atoms with Crippen molar-refractivity contribution in [3.05, 3.63) is 29.3 Å². The SMILES string of the molecule is COC(=O)c1cccc(NC(C)C2CC2)c1C. The lowest BCUT2D eigenvalue weighted by Crippen LogP contribution is -2.18. The molecule has 0 radical (unpaired) electrons. The summed E-state index contributed by atoms with van der Waals surface area (Å²) in [5, 5.41) is 3.48. The van der Waals surface area contributed by atoms with E-state index in [1.165, 1.54) is 20.0 Å². The van der Waals surface area contributed by atoms with Crippen molar-refractivity contribution >= 4 is 11.7 Å². The summed E-state index contributed by atoms with van der Waals surface area (Å²) >= 11 is 0. The fourth-order valence-corrected chi connectivity index (χ4v) is 2.08. The van der Waals surface area contributed by atoms with E-state index in [1.54, 1.807) is 6.07 Å². The highest BCUT2D eigenvalue weighted by molar-refractivity contribution is 5.92. The Kier molecular flexibility index (Phi) is 3.36. The van der Waals surface area contributed by atoms with Crippen LogP contribution in [0.3, 0.4) is 0 Å². The molecule has 17 heavy (non-hydrogen) atoms. The van der Waals surface area contributed by atoms with Crippen molar-refractivity contribution in [1.29, 1.82) is 0 Å². The topological polar surface area (TPSA) is 38.3 Å². The standard InChI is InChI=1S/C14H19NO2/c1-9-12(14(16)17-3)5-4-6-13(9)15-10(2)11-7-8-11/h4-6,10-11,15H,7-8H2,1-3H3. The molecule has 0 aliphatic heterocycles. The molecule has 92 valence electrons. The van der Waals surface area contributed by atoms with Crippen molar-refractivity contribution in [2.45, 2.75) is 32.7 Å². The van der Waals surface area contributed by atoms with Crippen LogP contribution in [0.5, 0.6) is 0 Å². The molecule has 1 saturated carbocycles. The summed E-state index contributed by atoms with van der Waals surface area (Å²) in [5.41, 5.74) is 2.64. The number of hydrogen-bond donors (Lipinski definition) is 1. The van der Waals surface area contributed by atoms with E-state index in [4.69, 9.17) is 4.74 Å². The first-order valence-corrected chi connectivity index (χ1v) is 6.08. The third-order valence-electron chi connectivity index (χ3n) is 3.45. The third-order valence-corrected chi connectivity index (χ3v) is 3.45. The molecule has 0 bridgehead atoms. The van der Waals surface area contributed by atoms with Crippen LogP contribution in [-0.4, -0.2) is 19.1 Å². The molecule has 0 spiro atoms. The average Bonchev–Trinajstić information content (AvgIpc) is 3.14. The van der Waals surface area contributed by atoms with E-state index in [0.717, 1.165) is 17.2 Å². The Morgan fingerprint density at radius 2 is 2.18 bits per heavy atom. The summed E-state index contributed by atoms with van der Waals surface area (Å²) < 4.78 is 4.77. The number of carbonyl (C=O) groups excluding carboxylic acids is 1. The molecule has 1 N–H and O–H groups in total. The predicted octanol–water partition coefficient (Wildman–Crippen LogP) is 2.99. The zero-order valence-corrected chi connectivity index (χ0v) is 10.6. The number of ether oxygens (including phenoxy) is 1. The summed E-state index contributed by atoms with van der Waals surface area (Å²) in [6.45, 7) is 4.15. The Morgan fingerprint density at radius 3 is 2.76 bits per heavy atom. The number of benzene rings is 1. The lowest BCUT2D eigenvalue weighted by molar-refractivity contribution is 0.0600. The molecule has 0 amide bonds. The number of carbonyl (C=O) groups is 1. The summed E-state index contributed by atoms with van der Waals surface area (Å²) in [6.07, 6.45) is 2.62. The Bertz CT molecular complexity index is 424. The molecule has 1 unspecified atom stereocenters. The Balaban J connectivity index is 2.19.